The number of carboxylic acids is 1. The zero-order chi connectivity index (χ0) is 12.4. The van der Waals surface area contributed by atoms with E-state index in [-0.39, 0.29) is 0 Å². The average Bonchev–Trinajstić information content (AvgIpc) is 2.16. The predicted molar refractivity (Wildman–Crippen MR) is 48.6 cm³/mol. The topological polar surface area (TPSA) is 57.5 Å². The minimum atomic E-state index is -5.03. The van der Waals surface area contributed by atoms with Gasteiger partial charge in [-0.2, -0.15) is 13.2 Å². The van der Waals surface area contributed by atoms with E-state index in [0.29, 0.717) is 0 Å². The van der Waals surface area contributed by atoms with E-state index in [4.69, 9.17) is 5.11 Å². The van der Waals surface area contributed by atoms with Crippen LogP contribution >= 0.6 is 0 Å². The predicted octanol–water partition coefficient (Wildman–Crippen LogP) is 1.91. The quantitative estimate of drug-likeness (QED) is 0.839. The van der Waals surface area contributed by atoms with Crippen molar-refractivity contribution in [2.24, 2.45) is 0 Å². The molecule has 0 bridgehead atoms. The lowest BCUT2D eigenvalue weighted by atomic mass is 9.90. The van der Waals surface area contributed by atoms with Crippen molar-refractivity contribution < 1.29 is 28.2 Å². The molecule has 88 valence electrons. The summed E-state index contributed by atoms with van der Waals surface area (Å²) in [7, 11) is 0. The molecule has 0 saturated heterocycles. The fraction of sp³-hybridized carbons (Fsp3) is 0.300. The molecule has 0 amide bonds. The van der Waals surface area contributed by atoms with Gasteiger partial charge in [0.15, 0.2) is 5.60 Å². The highest BCUT2D eigenvalue weighted by atomic mass is 19.4. The molecule has 6 heteroatoms. The first-order chi connectivity index (χ1) is 7.27. The summed E-state index contributed by atoms with van der Waals surface area (Å²) in [5.41, 5.74) is -3.83. The highest BCUT2D eigenvalue weighted by Gasteiger charge is 2.56. The Balaban J connectivity index is 3.21. The second-order valence-electron chi connectivity index (χ2n) is 3.29. The Bertz CT molecular complexity index is 375. The lowest BCUT2D eigenvalue weighted by Crippen LogP contribution is -2.44. The van der Waals surface area contributed by atoms with Crippen LogP contribution in [0.15, 0.2) is 30.3 Å². The molecule has 0 aliphatic heterocycles. The summed E-state index contributed by atoms with van der Waals surface area (Å²) >= 11 is 0. The Morgan fingerprint density at radius 2 is 1.69 bits per heavy atom. The Kier molecular flexibility index (Phi) is 3.23. The van der Waals surface area contributed by atoms with Crippen molar-refractivity contribution in [3.05, 3.63) is 35.9 Å². The van der Waals surface area contributed by atoms with E-state index in [1.165, 1.54) is 18.2 Å². The van der Waals surface area contributed by atoms with Crippen molar-refractivity contribution in [1.29, 1.82) is 0 Å². The van der Waals surface area contributed by atoms with E-state index in [2.05, 4.69) is 0 Å². The first-order valence-corrected chi connectivity index (χ1v) is 4.34. The molecule has 0 radical (unpaired) electrons. The molecule has 1 aromatic rings. The maximum Gasteiger partial charge on any atom is 0.422 e. The number of hydrogen-bond acceptors (Lipinski definition) is 2. The van der Waals surface area contributed by atoms with Gasteiger partial charge in [-0.3, -0.25) is 4.79 Å². The van der Waals surface area contributed by atoms with Gasteiger partial charge >= 0.3 is 12.1 Å². The number of alkyl halides is 3. The molecule has 1 rings (SSSR count). The number of hydrogen-bond donors (Lipinski definition) is 2. The summed E-state index contributed by atoms with van der Waals surface area (Å²) in [5.74, 6) is -1.72. The van der Waals surface area contributed by atoms with Crippen LogP contribution in [-0.2, 0) is 10.4 Å². The average molecular weight is 234 g/mol. The third-order valence-electron chi connectivity index (χ3n) is 2.13. The fourth-order valence-electron chi connectivity index (χ4n) is 1.30. The molecule has 0 fully saturated rings. The van der Waals surface area contributed by atoms with Gasteiger partial charge in [-0.25, -0.2) is 0 Å². The standard InChI is InChI=1S/C10H9F3O3/c11-10(12,13)9(16,6-8(14)15)7-4-2-1-3-5-7/h1-5,16H,6H2,(H,14,15)/t9-/m1/s1. The van der Waals surface area contributed by atoms with Crippen LogP contribution in [0.4, 0.5) is 13.2 Å². The molecular formula is C10H9F3O3. The minimum Gasteiger partial charge on any atom is -0.481 e. The summed E-state index contributed by atoms with van der Waals surface area (Å²) in [6.07, 6.45) is -6.45. The van der Waals surface area contributed by atoms with Crippen LogP contribution in [0.5, 0.6) is 0 Å². The Hall–Kier alpha value is -1.56. The van der Waals surface area contributed by atoms with Gasteiger partial charge in [-0.15, -0.1) is 0 Å². The van der Waals surface area contributed by atoms with Gasteiger partial charge in [0.05, 0.1) is 6.42 Å². The van der Waals surface area contributed by atoms with Crippen molar-refractivity contribution in [2.45, 2.75) is 18.2 Å². The molecule has 1 atom stereocenters. The van der Waals surface area contributed by atoms with Gasteiger partial charge in [0.2, 0.25) is 0 Å². The molecule has 0 unspecified atom stereocenters. The Morgan fingerprint density at radius 1 is 1.19 bits per heavy atom. The molecule has 0 saturated carbocycles. The Labute approximate surface area is 89.1 Å². The second kappa shape index (κ2) is 4.13. The van der Waals surface area contributed by atoms with Crippen LogP contribution in [-0.4, -0.2) is 22.4 Å². The smallest absolute Gasteiger partial charge is 0.422 e. The maximum atomic E-state index is 12.6. The highest BCUT2D eigenvalue weighted by Crippen LogP contribution is 2.41. The molecule has 3 nitrogen and oxygen atoms in total. The molecule has 0 aromatic heterocycles. The Morgan fingerprint density at radius 3 is 2.06 bits per heavy atom. The van der Waals surface area contributed by atoms with Crippen molar-refractivity contribution >= 4 is 5.97 Å². The minimum absolute atomic E-state index is 0.482. The molecular weight excluding hydrogens is 225 g/mol. The number of benzene rings is 1. The van der Waals surface area contributed by atoms with Gasteiger partial charge in [-0.05, 0) is 5.56 Å². The molecule has 0 heterocycles. The van der Waals surface area contributed by atoms with E-state index in [1.54, 1.807) is 0 Å². The molecule has 0 aliphatic carbocycles. The monoisotopic (exact) mass is 234 g/mol. The number of halogens is 3. The summed E-state index contributed by atoms with van der Waals surface area (Å²) in [6, 6.07) is 6.15. The van der Waals surface area contributed by atoms with E-state index in [0.717, 1.165) is 12.1 Å². The molecule has 0 aliphatic rings. The van der Waals surface area contributed by atoms with Crippen molar-refractivity contribution in [2.75, 3.05) is 0 Å². The van der Waals surface area contributed by atoms with Gasteiger partial charge in [0.25, 0.3) is 0 Å². The van der Waals surface area contributed by atoms with Crippen molar-refractivity contribution in [1.82, 2.24) is 0 Å². The second-order valence-corrected chi connectivity index (χ2v) is 3.29. The number of aliphatic carboxylic acids is 1. The first-order valence-electron chi connectivity index (χ1n) is 4.34. The summed E-state index contributed by atoms with van der Waals surface area (Å²) in [6.45, 7) is 0. The zero-order valence-electron chi connectivity index (χ0n) is 8.03. The van der Waals surface area contributed by atoms with Crippen molar-refractivity contribution in [3.8, 4) is 0 Å². The van der Waals surface area contributed by atoms with Gasteiger partial charge < -0.3 is 10.2 Å². The molecule has 0 spiro atoms. The maximum absolute atomic E-state index is 12.6. The molecule has 16 heavy (non-hydrogen) atoms. The van der Waals surface area contributed by atoms with Crippen LogP contribution in [0.25, 0.3) is 0 Å². The lowest BCUT2D eigenvalue weighted by Gasteiger charge is -2.29. The summed E-state index contributed by atoms with van der Waals surface area (Å²) in [4.78, 5) is 10.4. The van der Waals surface area contributed by atoms with Crippen LogP contribution in [0.3, 0.4) is 0 Å². The first kappa shape index (κ1) is 12.5. The number of carbonyl (C=O) groups is 1. The van der Waals surface area contributed by atoms with Gasteiger partial charge in [0, 0.05) is 0 Å². The van der Waals surface area contributed by atoms with Gasteiger partial charge in [-0.1, -0.05) is 30.3 Å². The SMILES string of the molecule is O=C(O)C[C@@](O)(c1ccccc1)C(F)(F)F. The lowest BCUT2D eigenvalue weighted by molar-refractivity contribution is -0.269. The number of aliphatic hydroxyl groups is 1. The van der Waals surface area contributed by atoms with Crippen LogP contribution in [0.1, 0.15) is 12.0 Å². The van der Waals surface area contributed by atoms with Crippen LogP contribution < -0.4 is 0 Å². The van der Waals surface area contributed by atoms with E-state index in [1.807, 2.05) is 0 Å². The van der Waals surface area contributed by atoms with Crippen LogP contribution in [0, 0.1) is 0 Å². The largest absolute Gasteiger partial charge is 0.481 e. The van der Waals surface area contributed by atoms with E-state index in [9.17, 15) is 23.1 Å². The summed E-state index contributed by atoms with van der Waals surface area (Å²) in [5, 5.41) is 17.9. The van der Waals surface area contributed by atoms with Gasteiger partial charge in [0.1, 0.15) is 0 Å². The zero-order valence-corrected chi connectivity index (χ0v) is 8.03. The van der Waals surface area contributed by atoms with E-state index >= 15 is 0 Å². The fourth-order valence-corrected chi connectivity index (χ4v) is 1.30. The molecule has 1 aromatic carbocycles. The third-order valence-corrected chi connectivity index (χ3v) is 2.13. The van der Waals surface area contributed by atoms with Crippen LogP contribution in [0.2, 0.25) is 0 Å². The third kappa shape index (κ3) is 2.33. The van der Waals surface area contributed by atoms with E-state index < -0.39 is 29.7 Å². The molecule has 2 N–H and O–H groups in total. The summed E-state index contributed by atoms with van der Waals surface area (Å²) < 4.78 is 37.9. The number of carboxylic acid groups (broad SMARTS) is 1. The van der Waals surface area contributed by atoms with Crippen molar-refractivity contribution in [3.63, 3.8) is 0 Å². The number of rotatable bonds is 3. The normalized spacial score (nSPS) is 15.5. The highest BCUT2D eigenvalue weighted by molar-refractivity contribution is 5.68.